The molecule has 2 atom stereocenters. The Kier molecular flexibility index (Phi) is 8.87. The minimum absolute atomic E-state index is 0.0623. The molecule has 3 rings (SSSR count). The first-order valence-electron chi connectivity index (χ1n) is 11.4. The van der Waals surface area contributed by atoms with Crippen LogP contribution in [0.3, 0.4) is 0 Å². The van der Waals surface area contributed by atoms with Crippen LogP contribution in [-0.2, 0) is 15.7 Å². The molecule has 2 aromatic rings. The van der Waals surface area contributed by atoms with Crippen LogP contribution in [0.1, 0.15) is 37.8 Å². The maximum atomic E-state index is 13.2. The van der Waals surface area contributed by atoms with Crippen molar-refractivity contribution in [2.45, 2.75) is 45.1 Å². The number of pyridine rings is 1. The number of piperazine rings is 1. The Labute approximate surface area is 205 Å². The molecule has 3 heterocycles. The van der Waals surface area contributed by atoms with Gasteiger partial charge in [0.1, 0.15) is 18.0 Å². The first-order valence-corrected chi connectivity index (χ1v) is 11.4. The Hall–Kier alpha value is -3.66. The van der Waals surface area contributed by atoms with Crippen molar-refractivity contribution in [3.63, 3.8) is 0 Å². The molecule has 1 saturated heterocycles. The number of nitrogens with one attached hydrogen (secondary N) is 1. The Balaban J connectivity index is 1.47. The number of halogens is 3. The van der Waals surface area contributed by atoms with Gasteiger partial charge in [0.25, 0.3) is 5.56 Å². The number of H-pyrrole nitrogens is 1. The molecule has 36 heavy (non-hydrogen) atoms. The van der Waals surface area contributed by atoms with Crippen LogP contribution >= 0.6 is 0 Å². The van der Waals surface area contributed by atoms with Gasteiger partial charge in [-0.3, -0.25) is 9.59 Å². The normalized spacial score (nSPS) is 15.8. The van der Waals surface area contributed by atoms with Crippen molar-refractivity contribution in [2.24, 2.45) is 0 Å². The molecule has 1 aliphatic rings. The van der Waals surface area contributed by atoms with Gasteiger partial charge >= 0.3 is 6.18 Å². The van der Waals surface area contributed by atoms with Gasteiger partial charge in [0.2, 0.25) is 5.91 Å². The van der Waals surface area contributed by atoms with Crippen molar-refractivity contribution >= 4 is 11.7 Å². The second-order valence-electron chi connectivity index (χ2n) is 8.32. The smallest absolute Gasteiger partial charge is 0.425 e. The standard InChI is InChI=1S/C23H27F3N6O4/c1-3-17(36-18-13-29-30-22(34)21(18)23(24,25)26)14-35-15(2)10-20(33)32-8-6-31(7-9-32)19-5-4-16(11-27)12-28-19/h4-5,12-13,15,17H,3,6-10,14H2,1-2H3,(H,30,34). The third kappa shape index (κ3) is 6.94. The lowest BCUT2D eigenvalue weighted by Crippen LogP contribution is -2.49. The number of hydrogen-bond acceptors (Lipinski definition) is 8. The van der Waals surface area contributed by atoms with Gasteiger partial charge in [-0.1, -0.05) is 6.92 Å². The van der Waals surface area contributed by atoms with Gasteiger partial charge in [0, 0.05) is 32.4 Å². The van der Waals surface area contributed by atoms with Crippen LogP contribution in [0.25, 0.3) is 0 Å². The van der Waals surface area contributed by atoms with E-state index in [9.17, 15) is 22.8 Å². The average molecular weight is 509 g/mol. The molecule has 0 spiro atoms. The Morgan fingerprint density at radius 2 is 1.97 bits per heavy atom. The molecule has 2 aromatic heterocycles. The quantitative estimate of drug-likeness (QED) is 0.548. The fraction of sp³-hybridized carbons (Fsp3) is 0.522. The summed E-state index contributed by atoms with van der Waals surface area (Å²) in [5.74, 6) is -0.0187. The number of amides is 1. The van der Waals surface area contributed by atoms with E-state index in [1.165, 1.54) is 6.20 Å². The van der Waals surface area contributed by atoms with Crippen LogP contribution in [0.2, 0.25) is 0 Å². The second-order valence-corrected chi connectivity index (χ2v) is 8.32. The predicted octanol–water partition coefficient (Wildman–Crippen LogP) is 2.36. The first-order chi connectivity index (χ1) is 17.1. The van der Waals surface area contributed by atoms with E-state index in [2.05, 4.69) is 10.1 Å². The van der Waals surface area contributed by atoms with E-state index in [0.29, 0.717) is 38.2 Å². The zero-order chi connectivity index (χ0) is 26.3. The minimum atomic E-state index is -4.90. The van der Waals surface area contributed by atoms with Crippen LogP contribution < -0.4 is 15.2 Å². The van der Waals surface area contributed by atoms with E-state index < -0.39 is 35.3 Å². The summed E-state index contributed by atoms with van der Waals surface area (Å²) in [5, 5.41) is 14.0. The number of ether oxygens (including phenoxy) is 2. The zero-order valence-electron chi connectivity index (χ0n) is 19.9. The lowest BCUT2D eigenvalue weighted by atomic mass is 10.2. The van der Waals surface area contributed by atoms with Crippen LogP contribution in [0.4, 0.5) is 19.0 Å². The number of anilines is 1. The lowest BCUT2D eigenvalue weighted by Gasteiger charge is -2.36. The third-order valence-corrected chi connectivity index (χ3v) is 5.72. The highest BCUT2D eigenvalue weighted by molar-refractivity contribution is 5.77. The van der Waals surface area contributed by atoms with Crippen LogP contribution in [-0.4, -0.2) is 71.0 Å². The summed E-state index contributed by atoms with van der Waals surface area (Å²) in [4.78, 5) is 32.4. The fourth-order valence-corrected chi connectivity index (χ4v) is 3.68. The summed E-state index contributed by atoms with van der Waals surface area (Å²) < 4.78 is 50.8. The van der Waals surface area contributed by atoms with Gasteiger partial charge in [-0.25, -0.2) is 10.1 Å². The Morgan fingerprint density at radius 3 is 2.56 bits per heavy atom. The van der Waals surface area contributed by atoms with Gasteiger partial charge in [-0.2, -0.15) is 23.5 Å². The largest absolute Gasteiger partial charge is 0.485 e. The summed E-state index contributed by atoms with van der Waals surface area (Å²) in [6.45, 7) is 5.55. The van der Waals surface area contributed by atoms with Crippen molar-refractivity contribution in [2.75, 3.05) is 37.7 Å². The summed E-state index contributed by atoms with van der Waals surface area (Å²) >= 11 is 0. The van der Waals surface area contributed by atoms with E-state index in [-0.39, 0.29) is 18.9 Å². The molecule has 1 aliphatic heterocycles. The number of hydrogen-bond donors (Lipinski definition) is 1. The number of nitriles is 1. The molecule has 1 N–H and O–H groups in total. The fourth-order valence-electron chi connectivity index (χ4n) is 3.68. The monoisotopic (exact) mass is 508 g/mol. The van der Waals surface area contributed by atoms with Gasteiger partial charge in [-0.15, -0.1) is 0 Å². The molecular weight excluding hydrogens is 481 g/mol. The maximum Gasteiger partial charge on any atom is 0.425 e. The molecule has 0 saturated carbocycles. The van der Waals surface area contributed by atoms with Gasteiger partial charge in [0.05, 0.1) is 30.9 Å². The van der Waals surface area contributed by atoms with Crippen molar-refractivity contribution < 1.29 is 27.4 Å². The SMILES string of the molecule is CCC(COC(C)CC(=O)N1CCN(c2ccc(C#N)cn2)CC1)Oc1cn[nH]c(=O)c1C(F)(F)F. The summed E-state index contributed by atoms with van der Waals surface area (Å²) in [7, 11) is 0. The molecule has 1 fully saturated rings. The second kappa shape index (κ2) is 11.9. The van der Waals surface area contributed by atoms with Crippen molar-refractivity contribution in [1.29, 1.82) is 5.26 Å². The molecule has 0 aliphatic carbocycles. The predicted molar refractivity (Wildman–Crippen MR) is 122 cm³/mol. The number of carbonyl (C=O) groups excluding carboxylic acids is 1. The highest BCUT2D eigenvalue weighted by atomic mass is 19.4. The van der Waals surface area contributed by atoms with Gasteiger partial charge < -0.3 is 19.3 Å². The van der Waals surface area contributed by atoms with Crippen LogP contribution in [0, 0.1) is 11.3 Å². The molecule has 10 nitrogen and oxygen atoms in total. The number of rotatable bonds is 9. The first kappa shape index (κ1) is 26.9. The highest BCUT2D eigenvalue weighted by Crippen LogP contribution is 2.33. The van der Waals surface area contributed by atoms with Crippen LogP contribution in [0.15, 0.2) is 29.3 Å². The third-order valence-electron chi connectivity index (χ3n) is 5.72. The topological polar surface area (TPSA) is 124 Å². The van der Waals surface area contributed by atoms with E-state index in [1.54, 1.807) is 36.0 Å². The van der Waals surface area contributed by atoms with Gasteiger partial charge in [0.15, 0.2) is 11.3 Å². The molecule has 194 valence electrons. The van der Waals surface area contributed by atoms with Crippen molar-refractivity contribution in [1.82, 2.24) is 20.1 Å². The average Bonchev–Trinajstić information content (AvgIpc) is 2.85. The minimum Gasteiger partial charge on any atom is -0.485 e. The number of aromatic nitrogens is 3. The van der Waals surface area contributed by atoms with Crippen molar-refractivity contribution in [3.8, 4) is 11.8 Å². The molecule has 1 amide bonds. The highest BCUT2D eigenvalue weighted by Gasteiger charge is 2.38. The summed E-state index contributed by atoms with van der Waals surface area (Å²) in [6, 6.07) is 5.50. The number of aromatic amines is 1. The number of alkyl halides is 3. The van der Waals surface area contributed by atoms with Crippen molar-refractivity contribution in [3.05, 3.63) is 46.0 Å². The van der Waals surface area contributed by atoms with E-state index in [0.717, 1.165) is 12.0 Å². The summed E-state index contributed by atoms with van der Waals surface area (Å²) in [5.41, 5.74) is -2.36. The lowest BCUT2D eigenvalue weighted by molar-refractivity contribution is -0.141. The van der Waals surface area contributed by atoms with E-state index >= 15 is 0 Å². The molecule has 0 radical (unpaired) electrons. The molecule has 0 aromatic carbocycles. The van der Waals surface area contributed by atoms with Gasteiger partial charge in [-0.05, 0) is 25.5 Å². The molecule has 13 heteroatoms. The summed E-state index contributed by atoms with van der Waals surface area (Å²) in [6.07, 6.45) is -3.42. The Morgan fingerprint density at radius 1 is 1.25 bits per heavy atom. The number of carbonyl (C=O) groups is 1. The zero-order valence-corrected chi connectivity index (χ0v) is 19.9. The van der Waals surface area contributed by atoms with E-state index in [4.69, 9.17) is 14.7 Å². The molecular formula is C23H27F3N6O4. The maximum absolute atomic E-state index is 13.2. The Bertz CT molecular complexity index is 1120. The van der Waals surface area contributed by atoms with Crippen LogP contribution in [0.5, 0.6) is 5.75 Å². The number of nitrogens with zero attached hydrogens (tertiary/aromatic N) is 5. The van der Waals surface area contributed by atoms with E-state index in [1.807, 2.05) is 11.0 Å². The molecule has 2 unspecified atom stereocenters. The molecule has 0 bridgehead atoms.